The Balaban J connectivity index is 1.94. The van der Waals surface area contributed by atoms with Gasteiger partial charge in [0.15, 0.2) is 0 Å². The molecule has 0 aliphatic rings. The van der Waals surface area contributed by atoms with Crippen molar-refractivity contribution in [2.24, 2.45) is 0 Å². The highest BCUT2D eigenvalue weighted by Crippen LogP contribution is 2.27. The fourth-order valence-corrected chi connectivity index (χ4v) is 3.17. The van der Waals surface area contributed by atoms with Gasteiger partial charge in [0.05, 0.1) is 12.1 Å². The maximum absolute atomic E-state index is 10.5. The quantitative estimate of drug-likeness (QED) is 0.825. The molecule has 0 amide bonds. The summed E-state index contributed by atoms with van der Waals surface area (Å²) >= 11 is 2.97. The molecule has 2 rings (SSSR count). The van der Waals surface area contributed by atoms with E-state index < -0.39 is 5.97 Å². The number of phenols is 1. The van der Waals surface area contributed by atoms with E-state index in [9.17, 15) is 9.90 Å². The lowest BCUT2D eigenvalue weighted by Gasteiger charge is -1.99. The minimum atomic E-state index is -0.871. The number of thioether (sulfide) groups is 1. The van der Waals surface area contributed by atoms with Crippen molar-refractivity contribution in [2.45, 2.75) is 16.5 Å². The Hall–Kier alpha value is -1.53. The van der Waals surface area contributed by atoms with Crippen LogP contribution in [0.25, 0.3) is 0 Å². The van der Waals surface area contributed by atoms with Crippen LogP contribution in [-0.2, 0) is 17.0 Å². The summed E-state index contributed by atoms with van der Waals surface area (Å²) in [6.07, 6.45) is -0.0385. The summed E-state index contributed by atoms with van der Waals surface area (Å²) < 4.78 is 0.842. The number of phenolic OH excluding ortho intramolecular Hbond substituents is 1. The molecule has 1 heterocycles. The molecule has 2 N–H and O–H groups in total. The fraction of sp³-hybridized carbons (Fsp3) is 0.167. The van der Waals surface area contributed by atoms with Gasteiger partial charge in [0.2, 0.25) is 0 Å². The first-order valence-electron chi connectivity index (χ1n) is 5.20. The molecule has 6 heteroatoms. The van der Waals surface area contributed by atoms with E-state index in [1.54, 1.807) is 23.6 Å². The van der Waals surface area contributed by atoms with Crippen molar-refractivity contribution in [1.29, 1.82) is 0 Å². The molecule has 0 atom stereocenters. The molecule has 18 heavy (non-hydrogen) atoms. The van der Waals surface area contributed by atoms with Crippen LogP contribution in [0.3, 0.4) is 0 Å². The average Bonchev–Trinajstić information content (AvgIpc) is 2.73. The predicted molar refractivity (Wildman–Crippen MR) is 71.1 cm³/mol. The molecule has 0 spiro atoms. The number of aromatic nitrogens is 1. The summed E-state index contributed by atoms with van der Waals surface area (Å²) in [7, 11) is 0. The molecule has 2 aromatic rings. The SMILES string of the molecule is O=C(O)Cc1csc(SCc2cccc(O)c2)n1. The van der Waals surface area contributed by atoms with Crippen LogP contribution >= 0.6 is 23.1 Å². The molecule has 94 valence electrons. The Morgan fingerprint density at radius 2 is 2.28 bits per heavy atom. The van der Waals surface area contributed by atoms with Crippen LogP contribution in [0.5, 0.6) is 5.75 Å². The van der Waals surface area contributed by atoms with E-state index >= 15 is 0 Å². The summed E-state index contributed by atoms with van der Waals surface area (Å²) in [6.45, 7) is 0. The van der Waals surface area contributed by atoms with E-state index in [1.165, 1.54) is 23.1 Å². The predicted octanol–water partition coefficient (Wildman–Crippen LogP) is 2.77. The minimum absolute atomic E-state index is 0.0385. The Morgan fingerprint density at radius 1 is 1.44 bits per heavy atom. The van der Waals surface area contributed by atoms with Gasteiger partial charge in [-0.05, 0) is 17.7 Å². The molecule has 0 fully saturated rings. The van der Waals surface area contributed by atoms with Crippen molar-refractivity contribution in [1.82, 2.24) is 4.98 Å². The van der Waals surface area contributed by atoms with E-state index in [-0.39, 0.29) is 12.2 Å². The Bertz CT molecular complexity index is 554. The van der Waals surface area contributed by atoms with Gasteiger partial charge in [-0.15, -0.1) is 11.3 Å². The molecule has 0 bridgehead atoms. The van der Waals surface area contributed by atoms with Gasteiger partial charge in [-0.2, -0.15) is 0 Å². The van der Waals surface area contributed by atoms with Crippen molar-refractivity contribution in [2.75, 3.05) is 0 Å². The number of nitrogens with zero attached hydrogens (tertiary/aromatic N) is 1. The second kappa shape index (κ2) is 5.88. The summed E-state index contributed by atoms with van der Waals surface area (Å²) in [6, 6.07) is 7.06. The summed E-state index contributed by atoms with van der Waals surface area (Å²) in [5, 5.41) is 19.7. The van der Waals surface area contributed by atoms with Crippen LogP contribution in [-0.4, -0.2) is 21.2 Å². The molecule has 1 aromatic heterocycles. The van der Waals surface area contributed by atoms with Gasteiger partial charge < -0.3 is 10.2 Å². The van der Waals surface area contributed by atoms with Crippen LogP contribution in [0, 0.1) is 0 Å². The number of rotatable bonds is 5. The number of carboxylic acids is 1. The van der Waals surface area contributed by atoms with E-state index in [4.69, 9.17) is 5.11 Å². The number of hydrogen-bond donors (Lipinski definition) is 2. The lowest BCUT2D eigenvalue weighted by Crippen LogP contribution is -1.99. The normalized spacial score (nSPS) is 10.4. The van der Waals surface area contributed by atoms with Crippen molar-refractivity contribution >= 4 is 29.1 Å². The van der Waals surface area contributed by atoms with Crippen LogP contribution in [0.1, 0.15) is 11.3 Å². The monoisotopic (exact) mass is 281 g/mol. The molecule has 4 nitrogen and oxygen atoms in total. The second-order valence-corrected chi connectivity index (χ2v) is 5.71. The van der Waals surface area contributed by atoms with Gasteiger partial charge in [-0.25, -0.2) is 4.98 Å². The first-order valence-corrected chi connectivity index (χ1v) is 7.07. The molecule has 0 saturated carbocycles. The first-order chi connectivity index (χ1) is 8.63. The highest BCUT2D eigenvalue weighted by molar-refractivity contribution is 8.00. The summed E-state index contributed by atoms with van der Waals surface area (Å²) in [4.78, 5) is 14.8. The molecule has 0 unspecified atom stereocenters. The van der Waals surface area contributed by atoms with Gasteiger partial charge in [-0.3, -0.25) is 4.79 Å². The van der Waals surface area contributed by atoms with Crippen LogP contribution in [0.4, 0.5) is 0 Å². The molecule has 0 saturated heterocycles. The number of carbonyl (C=O) groups is 1. The average molecular weight is 281 g/mol. The Labute approximate surface area is 112 Å². The summed E-state index contributed by atoms with van der Waals surface area (Å²) in [5.74, 6) is 0.0812. The lowest BCUT2D eigenvalue weighted by atomic mass is 10.2. The number of aliphatic carboxylic acids is 1. The lowest BCUT2D eigenvalue weighted by molar-refractivity contribution is -0.136. The minimum Gasteiger partial charge on any atom is -0.508 e. The summed E-state index contributed by atoms with van der Waals surface area (Å²) in [5.41, 5.74) is 1.60. The van der Waals surface area contributed by atoms with Crippen LogP contribution in [0.15, 0.2) is 34.0 Å². The van der Waals surface area contributed by atoms with Crippen molar-refractivity contribution < 1.29 is 15.0 Å². The molecular weight excluding hydrogens is 270 g/mol. The van der Waals surface area contributed by atoms with Gasteiger partial charge >= 0.3 is 5.97 Å². The molecular formula is C12H11NO3S2. The largest absolute Gasteiger partial charge is 0.508 e. The number of carboxylic acid groups (broad SMARTS) is 1. The zero-order chi connectivity index (χ0) is 13.0. The zero-order valence-electron chi connectivity index (χ0n) is 9.37. The second-order valence-electron chi connectivity index (χ2n) is 3.63. The third kappa shape index (κ3) is 3.75. The van der Waals surface area contributed by atoms with Crippen LogP contribution in [0.2, 0.25) is 0 Å². The van der Waals surface area contributed by atoms with Gasteiger partial charge in [-0.1, -0.05) is 23.9 Å². The van der Waals surface area contributed by atoms with E-state index in [1.807, 2.05) is 6.07 Å². The Kier molecular flexibility index (Phi) is 4.22. The fourth-order valence-electron chi connectivity index (χ4n) is 1.38. The molecule has 1 aromatic carbocycles. The first kappa shape index (κ1) is 12.9. The third-order valence-corrected chi connectivity index (χ3v) is 4.28. The number of hydrogen-bond acceptors (Lipinski definition) is 5. The smallest absolute Gasteiger partial charge is 0.309 e. The van der Waals surface area contributed by atoms with Crippen LogP contribution < -0.4 is 0 Å². The highest BCUT2D eigenvalue weighted by Gasteiger charge is 2.06. The van der Waals surface area contributed by atoms with Crippen molar-refractivity contribution in [3.8, 4) is 5.75 Å². The van der Waals surface area contributed by atoms with E-state index in [0.29, 0.717) is 11.4 Å². The standard InChI is InChI=1S/C12H11NO3S2/c14-10-3-1-2-8(4-10)6-17-12-13-9(7-18-12)5-11(15)16/h1-4,7,14H,5-6H2,(H,15,16). The zero-order valence-corrected chi connectivity index (χ0v) is 11.0. The van der Waals surface area contributed by atoms with E-state index in [0.717, 1.165) is 9.90 Å². The number of thiazole rings is 1. The number of aromatic hydroxyl groups is 1. The van der Waals surface area contributed by atoms with Gasteiger partial charge in [0.25, 0.3) is 0 Å². The number of benzene rings is 1. The van der Waals surface area contributed by atoms with Crippen molar-refractivity contribution in [3.05, 3.63) is 40.9 Å². The van der Waals surface area contributed by atoms with Crippen molar-refractivity contribution in [3.63, 3.8) is 0 Å². The highest BCUT2D eigenvalue weighted by atomic mass is 32.2. The van der Waals surface area contributed by atoms with Gasteiger partial charge in [0.1, 0.15) is 10.1 Å². The third-order valence-electron chi connectivity index (χ3n) is 2.14. The van der Waals surface area contributed by atoms with Gasteiger partial charge in [0, 0.05) is 11.1 Å². The molecule has 0 radical (unpaired) electrons. The topological polar surface area (TPSA) is 70.4 Å². The Morgan fingerprint density at radius 3 is 3.00 bits per heavy atom. The van der Waals surface area contributed by atoms with E-state index in [2.05, 4.69) is 4.98 Å². The molecule has 0 aliphatic heterocycles. The molecule has 0 aliphatic carbocycles. The maximum Gasteiger partial charge on any atom is 0.309 e. The maximum atomic E-state index is 10.5.